The molecule has 1 saturated carbocycles. The van der Waals surface area contributed by atoms with E-state index in [1.807, 2.05) is 0 Å². The highest BCUT2D eigenvalue weighted by Gasteiger charge is 2.35. The Kier molecular flexibility index (Phi) is 2.68. The first-order valence-electron chi connectivity index (χ1n) is 5.43. The van der Waals surface area contributed by atoms with E-state index < -0.39 is 0 Å². The molecular formula is C11H19NO. The lowest BCUT2D eigenvalue weighted by Crippen LogP contribution is -2.38. The minimum absolute atomic E-state index is 0.407. The second kappa shape index (κ2) is 3.79. The van der Waals surface area contributed by atoms with Crippen LogP contribution in [0.4, 0.5) is 0 Å². The molecule has 1 aliphatic carbocycles. The van der Waals surface area contributed by atoms with E-state index in [4.69, 9.17) is 0 Å². The first kappa shape index (κ1) is 9.20. The minimum atomic E-state index is 0.407. The maximum Gasteiger partial charge on any atom is 0.123 e. The maximum absolute atomic E-state index is 10.5. The van der Waals surface area contributed by atoms with Gasteiger partial charge in [0.2, 0.25) is 0 Å². The standard InChI is InChI=1S/C11H19NO/c1-12-4-2-10(3-5-12)11-6-9(7-11)8-13/h8-11H,2-7H2,1H3. The monoisotopic (exact) mass is 181 g/mol. The van der Waals surface area contributed by atoms with Crippen molar-refractivity contribution in [2.45, 2.75) is 25.7 Å². The number of hydrogen-bond donors (Lipinski definition) is 0. The van der Waals surface area contributed by atoms with Gasteiger partial charge in [0, 0.05) is 5.92 Å². The van der Waals surface area contributed by atoms with E-state index in [-0.39, 0.29) is 0 Å². The van der Waals surface area contributed by atoms with Crippen LogP contribution in [-0.4, -0.2) is 31.3 Å². The van der Waals surface area contributed by atoms with Crippen LogP contribution in [0.15, 0.2) is 0 Å². The number of carbonyl (C=O) groups excluding carboxylic acids is 1. The van der Waals surface area contributed by atoms with Gasteiger partial charge in [-0.2, -0.15) is 0 Å². The van der Waals surface area contributed by atoms with Gasteiger partial charge in [-0.05, 0) is 57.7 Å². The summed E-state index contributed by atoms with van der Waals surface area (Å²) in [6.07, 6.45) is 6.21. The fraction of sp³-hybridized carbons (Fsp3) is 0.909. The van der Waals surface area contributed by atoms with Gasteiger partial charge in [-0.1, -0.05) is 0 Å². The van der Waals surface area contributed by atoms with Crippen molar-refractivity contribution in [3.05, 3.63) is 0 Å². The van der Waals surface area contributed by atoms with Crippen LogP contribution < -0.4 is 0 Å². The SMILES string of the molecule is CN1CCC(C2CC(C=O)C2)CC1. The van der Waals surface area contributed by atoms with Crippen LogP contribution in [0.1, 0.15) is 25.7 Å². The Bertz CT molecular complexity index is 179. The summed E-state index contributed by atoms with van der Waals surface area (Å²) in [5.41, 5.74) is 0. The van der Waals surface area contributed by atoms with Crippen LogP contribution in [0, 0.1) is 17.8 Å². The van der Waals surface area contributed by atoms with Gasteiger partial charge in [0.05, 0.1) is 0 Å². The smallest absolute Gasteiger partial charge is 0.123 e. The van der Waals surface area contributed by atoms with Crippen molar-refractivity contribution in [1.29, 1.82) is 0 Å². The van der Waals surface area contributed by atoms with Crippen molar-refractivity contribution in [2.75, 3.05) is 20.1 Å². The number of likely N-dealkylation sites (tertiary alicyclic amines) is 1. The summed E-state index contributed by atoms with van der Waals surface area (Å²) in [5.74, 6) is 2.21. The molecule has 2 rings (SSSR count). The van der Waals surface area contributed by atoms with E-state index >= 15 is 0 Å². The van der Waals surface area contributed by atoms with E-state index in [0.717, 1.165) is 18.1 Å². The zero-order chi connectivity index (χ0) is 9.26. The molecule has 2 aliphatic rings. The normalized spacial score (nSPS) is 37.0. The maximum atomic E-state index is 10.5. The summed E-state index contributed by atoms with van der Waals surface area (Å²) in [4.78, 5) is 12.9. The van der Waals surface area contributed by atoms with Crippen LogP contribution in [0.2, 0.25) is 0 Å². The van der Waals surface area contributed by atoms with E-state index in [2.05, 4.69) is 11.9 Å². The molecule has 0 aromatic carbocycles. The first-order chi connectivity index (χ1) is 6.29. The van der Waals surface area contributed by atoms with Crippen LogP contribution in [-0.2, 0) is 4.79 Å². The van der Waals surface area contributed by atoms with E-state index in [1.165, 1.54) is 38.8 Å². The molecule has 1 saturated heterocycles. The average molecular weight is 181 g/mol. The molecule has 0 atom stereocenters. The average Bonchev–Trinajstić information content (AvgIpc) is 2.06. The number of piperidine rings is 1. The van der Waals surface area contributed by atoms with E-state index in [1.54, 1.807) is 0 Å². The Labute approximate surface area is 80.3 Å². The fourth-order valence-corrected chi connectivity index (χ4v) is 2.70. The summed E-state index contributed by atoms with van der Waals surface area (Å²) in [6, 6.07) is 0. The molecule has 2 fully saturated rings. The number of rotatable bonds is 2. The molecule has 0 radical (unpaired) electrons. The van der Waals surface area contributed by atoms with Crippen molar-refractivity contribution in [2.24, 2.45) is 17.8 Å². The predicted octanol–water partition coefficient (Wildman–Crippen LogP) is 1.55. The van der Waals surface area contributed by atoms with E-state index in [0.29, 0.717) is 5.92 Å². The molecule has 1 aliphatic heterocycles. The van der Waals surface area contributed by atoms with Gasteiger partial charge in [0.25, 0.3) is 0 Å². The molecule has 1 heterocycles. The molecule has 0 bridgehead atoms. The van der Waals surface area contributed by atoms with Gasteiger partial charge in [-0.25, -0.2) is 0 Å². The third kappa shape index (κ3) is 1.93. The fourth-order valence-electron chi connectivity index (χ4n) is 2.70. The van der Waals surface area contributed by atoms with Crippen molar-refractivity contribution in [3.8, 4) is 0 Å². The number of nitrogens with zero attached hydrogens (tertiary/aromatic N) is 1. The Balaban J connectivity index is 1.74. The Hall–Kier alpha value is -0.370. The molecule has 74 valence electrons. The summed E-state index contributed by atoms with van der Waals surface area (Å²) >= 11 is 0. The van der Waals surface area contributed by atoms with Gasteiger partial charge in [-0.15, -0.1) is 0 Å². The van der Waals surface area contributed by atoms with Crippen LogP contribution in [0.5, 0.6) is 0 Å². The van der Waals surface area contributed by atoms with Crippen molar-refractivity contribution < 1.29 is 4.79 Å². The number of carbonyl (C=O) groups is 1. The number of aldehydes is 1. The second-order valence-electron chi connectivity index (χ2n) is 4.77. The minimum Gasteiger partial charge on any atom is -0.306 e. The first-order valence-corrected chi connectivity index (χ1v) is 5.43. The highest BCUT2D eigenvalue weighted by molar-refractivity contribution is 5.55. The largest absolute Gasteiger partial charge is 0.306 e. The van der Waals surface area contributed by atoms with Gasteiger partial charge in [0.15, 0.2) is 0 Å². The predicted molar refractivity (Wildman–Crippen MR) is 52.5 cm³/mol. The van der Waals surface area contributed by atoms with Crippen molar-refractivity contribution in [3.63, 3.8) is 0 Å². The highest BCUT2D eigenvalue weighted by atomic mass is 16.1. The molecule has 2 nitrogen and oxygen atoms in total. The number of hydrogen-bond acceptors (Lipinski definition) is 2. The summed E-state index contributed by atoms with van der Waals surface area (Å²) in [7, 11) is 2.20. The molecule has 13 heavy (non-hydrogen) atoms. The zero-order valence-electron chi connectivity index (χ0n) is 8.41. The second-order valence-corrected chi connectivity index (χ2v) is 4.77. The Morgan fingerprint density at radius 2 is 1.77 bits per heavy atom. The van der Waals surface area contributed by atoms with Gasteiger partial charge in [-0.3, -0.25) is 0 Å². The lowest BCUT2D eigenvalue weighted by atomic mass is 9.66. The molecule has 0 spiro atoms. The van der Waals surface area contributed by atoms with Crippen molar-refractivity contribution >= 4 is 6.29 Å². The third-order valence-electron chi connectivity index (χ3n) is 3.83. The molecule has 0 N–H and O–H groups in total. The van der Waals surface area contributed by atoms with Crippen LogP contribution >= 0.6 is 0 Å². The molecule has 2 heteroatoms. The van der Waals surface area contributed by atoms with Crippen molar-refractivity contribution in [1.82, 2.24) is 4.90 Å². The Morgan fingerprint density at radius 1 is 1.15 bits per heavy atom. The summed E-state index contributed by atoms with van der Waals surface area (Å²) in [5, 5.41) is 0. The zero-order valence-corrected chi connectivity index (χ0v) is 8.41. The van der Waals surface area contributed by atoms with Gasteiger partial charge < -0.3 is 9.69 Å². The summed E-state index contributed by atoms with van der Waals surface area (Å²) in [6.45, 7) is 2.51. The van der Waals surface area contributed by atoms with Crippen LogP contribution in [0.3, 0.4) is 0 Å². The quantitative estimate of drug-likeness (QED) is 0.602. The molecule has 0 aromatic rings. The third-order valence-corrected chi connectivity index (χ3v) is 3.83. The molecular weight excluding hydrogens is 162 g/mol. The lowest BCUT2D eigenvalue weighted by Gasteiger charge is -2.41. The highest BCUT2D eigenvalue weighted by Crippen LogP contribution is 2.41. The topological polar surface area (TPSA) is 20.3 Å². The Morgan fingerprint density at radius 3 is 2.31 bits per heavy atom. The summed E-state index contributed by atoms with van der Waals surface area (Å²) < 4.78 is 0. The molecule has 0 aromatic heterocycles. The van der Waals surface area contributed by atoms with Crippen LogP contribution in [0.25, 0.3) is 0 Å². The molecule has 0 amide bonds. The van der Waals surface area contributed by atoms with E-state index in [9.17, 15) is 4.79 Å². The van der Waals surface area contributed by atoms with Gasteiger partial charge in [0.1, 0.15) is 6.29 Å². The lowest BCUT2D eigenvalue weighted by molar-refractivity contribution is -0.115. The molecule has 0 unspecified atom stereocenters. The van der Waals surface area contributed by atoms with Gasteiger partial charge >= 0.3 is 0 Å².